The third-order valence-corrected chi connectivity index (χ3v) is 8.84. The molecule has 1 aliphatic rings. The number of carbonyl (C=O) groups is 6. The lowest BCUT2D eigenvalue weighted by atomic mass is 9.39. The van der Waals surface area contributed by atoms with E-state index >= 15 is 0 Å². The quantitative estimate of drug-likeness (QED) is 0.171. The Hall–Kier alpha value is -5.14. The van der Waals surface area contributed by atoms with Gasteiger partial charge in [-0.2, -0.15) is 0 Å². The number of methoxy groups -OCH3 is 2. The zero-order valence-electron chi connectivity index (χ0n) is 31.7. The first-order chi connectivity index (χ1) is 24.1. The van der Waals surface area contributed by atoms with Gasteiger partial charge < -0.3 is 40.2 Å². The largest absolute Gasteiger partial charge is 0.469 e. The number of carbonyl (C=O) groups excluding carboxylic acids is 6. The predicted molar refractivity (Wildman–Crippen MR) is 193 cm³/mol. The molecule has 1 saturated carbocycles. The Bertz CT molecular complexity index is 1500. The van der Waals surface area contributed by atoms with Crippen LogP contribution in [0, 0.1) is 22.7 Å². The van der Waals surface area contributed by atoms with Crippen molar-refractivity contribution in [3.63, 3.8) is 0 Å². The van der Waals surface area contributed by atoms with Gasteiger partial charge in [-0.3, -0.25) is 19.2 Å². The average Bonchev–Trinajstić information content (AvgIpc) is 3.04. The molecular weight excluding hydrogens is 672 g/mol. The van der Waals surface area contributed by atoms with Crippen LogP contribution in [0.2, 0.25) is 0 Å². The van der Waals surface area contributed by atoms with Gasteiger partial charge in [-0.05, 0) is 104 Å². The molecule has 14 heteroatoms. The Balaban J connectivity index is 1.73. The van der Waals surface area contributed by atoms with E-state index in [0.717, 1.165) is 25.3 Å². The minimum Gasteiger partial charge on any atom is -0.469 e. The zero-order valence-corrected chi connectivity index (χ0v) is 31.7. The molecule has 0 saturated heterocycles. The number of ether oxygens (including phenoxy) is 4. The summed E-state index contributed by atoms with van der Waals surface area (Å²) in [5.41, 5.74) is -2.15. The fourth-order valence-electron chi connectivity index (χ4n) is 6.51. The van der Waals surface area contributed by atoms with Gasteiger partial charge in [0.05, 0.1) is 36.9 Å². The fourth-order valence-corrected chi connectivity index (χ4v) is 6.51. The van der Waals surface area contributed by atoms with Crippen LogP contribution in [0.15, 0.2) is 48.5 Å². The Kier molecular flexibility index (Phi) is 13.1. The highest BCUT2D eigenvalue weighted by molar-refractivity contribution is 6.10. The third-order valence-electron chi connectivity index (χ3n) is 8.84. The van der Waals surface area contributed by atoms with E-state index < -0.39 is 69.8 Å². The maximum Gasteiger partial charge on any atom is 0.407 e. The van der Waals surface area contributed by atoms with Gasteiger partial charge in [-0.25, -0.2) is 9.59 Å². The summed E-state index contributed by atoms with van der Waals surface area (Å²) < 4.78 is 20.6. The molecule has 0 bridgehead atoms. The smallest absolute Gasteiger partial charge is 0.407 e. The van der Waals surface area contributed by atoms with Gasteiger partial charge in [0.15, 0.2) is 0 Å². The number of nitrogens with one attached hydrogen (secondary N) is 4. The van der Waals surface area contributed by atoms with Crippen LogP contribution in [0.5, 0.6) is 0 Å². The Morgan fingerprint density at radius 3 is 1.15 bits per heavy atom. The Labute approximate surface area is 305 Å². The molecule has 0 atom stereocenters. The number of benzene rings is 2. The Morgan fingerprint density at radius 1 is 0.577 bits per heavy atom. The van der Waals surface area contributed by atoms with Gasteiger partial charge in [0.25, 0.3) is 0 Å². The van der Waals surface area contributed by atoms with Crippen molar-refractivity contribution >= 4 is 47.3 Å². The van der Waals surface area contributed by atoms with Gasteiger partial charge in [0.2, 0.25) is 11.8 Å². The van der Waals surface area contributed by atoms with Crippen LogP contribution in [0.25, 0.3) is 0 Å². The molecule has 1 fully saturated rings. The van der Waals surface area contributed by atoms with Crippen LogP contribution < -0.4 is 21.3 Å². The van der Waals surface area contributed by atoms with Gasteiger partial charge in [-0.1, -0.05) is 24.3 Å². The molecular formula is C38H52N4O10. The number of amides is 4. The van der Waals surface area contributed by atoms with Gasteiger partial charge in [-0.15, -0.1) is 0 Å². The molecule has 2 aromatic rings. The summed E-state index contributed by atoms with van der Waals surface area (Å²) in [4.78, 5) is 78.5. The topological polar surface area (TPSA) is 187 Å². The molecule has 284 valence electrons. The number of hydrogen-bond acceptors (Lipinski definition) is 10. The summed E-state index contributed by atoms with van der Waals surface area (Å²) in [7, 11) is 2.30. The molecule has 0 aliphatic heterocycles. The monoisotopic (exact) mass is 724 g/mol. The van der Waals surface area contributed by atoms with E-state index in [0.29, 0.717) is 37.3 Å². The molecule has 0 radical (unpaired) electrons. The normalized spacial score (nSPS) is 21.0. The first-order valence-corrected chi connectivity index (χ1v) is 17.1. The number of anilines is 2. The van der Waals surface area contributed by atoms with E-state index in [1.165, 1.54) is 13.8 Å². The van der Waals surface area contributed by atoms with Crippen LogP contribution in [-0.4, -0.2) is 74.5 Å². The molecule has 2 aromatic carbocycles. The highest BCUT2D eigenvalue weighted by atomic mass is 16.6. The summed E-state index contributed by atoms with van der Waals surface area (Å²) in [6.45, 7) is 14.2. The second kappa shape index (κ2) is 16.5. The molecule has 52 heavy (non-hydrogen) atoms. The maximum atomic E-state index is 14.0. The maximum absolute atomic E-state index is 14.0. The van der Waals surface area contributed by atoms with E-state index in [4.69, 9.17) is 18.9 Å². The summed E-state index contributed by atoms with van der Waals surface area (Å²) in [6, 6.07) is 13.7. The van der Waals surface area contributed by atoms with E-state index in [9.17, 15) is 28.8 Å². The fraction of sp³-hybridized carbons (Fsp3) is 0.526. The molecule has 0 spiro atoms. The lowest BCUT2D eigenvalue weighted by molar-refractivity contribution is -0.215. The van der Waals surface area contributed by atoms with Crippen molar-refractivity contribution in [1.29, 1.82) is 0 Å². The van der Waals surface area contributed by atoms with E-state index in [2.05, 4.69) is 21.3 Å². The third kappa shape index (κ3) is 10.0. The standard InChI is InChI=1S/C38H52N4O10/c1-35(2,3)51-33(47)39-21-19-23-11-15-25(16-12-23)41-31(45)37(7)27(29(43)49-9)38(8,28(37)30(44)50-10)32(46)42-26-17-13-24(14-18-26)20-22-40-34(48)52-36(4,5)6/h11-18,27-28H,19-22H2,1-10H3,(H,39,47)(H,40,48)(H,41,45)(H,42,46). The summed E-state index contributed by atoms with van der Waals surface area (Å²) >= 11 is 0. The molecule has 4 amide bonds. The van der Waals surface area contributed by atoms with E-state index in [1.807, 2.05) is 0 Å². The lowest BCUT2D eigenvalue weighted by Crippen LogP contribution is -2.74. The second-order valence-electron chi connectivity index (χ2n) is 15.1. The van der Waals surface area contributed by atoms with Crippen molar-refractivity contribution in [3.8, 4) is 0 Å². The number of esters is 2. The first-order valence-electron chi connectivity index (χ1n) is 17.1. The van der Waals surface area contributed by atoms with Crippen LogP contribution in [0.4, 0.5) is 21.0 Å². The average molecular weight is 725 g/mol. The zero-order chi connectivity index (χ0) is 39.1. The van der Waals surface area contributed by atoms with Crippen LogP contribution >= 0.6 is 0 Å². The molecule has 0 aromatic heterocycles. The molecule has 1 aliphatic carbocycles. The van der Waals surface area contributed by atoms with E-state index in [-0.39, 0.29) is 0 Å². The first kappa shape index (κ1) is 41.3. The molecule has 0 unspecified atom stereocenters. The van der Waals surface area contributed by atoms with Crippen LogP contribution in [0.3, 0.4) is 0 Å². The van der Waals surface area contributed by atoms with Crippen LogP contribution in [0.1, 0.15) is 66.5 Å². The number of rotatable bonds is 12. The van der Waals surface area contributed by atoms with Crippen molar-refractivity contribution in [2.45, 2.75) is 79.4 Å². The number of alkyl carbamates (subject to hydrolysis) is 2. The highest BCUT2D eigenvalue weighted by Gasteiger charge is 2.78. The number of hydrogen-bond donors (Lipinski definition) is 4. The molecule has 0 heterocycles. The van der Waals surface area contributed by atoms with Gasteiger partial charge in [0.1, 0.15) is 11.2 Å². The summed E-state index contributed by atoms with van der Waals surface area (Å²) in [6.07, 6.45) is -0.0422. The van der Waals surface area contributed by atoms with E-state index in [1.54, 1.807) is 90.1 Å². The summed E-state index contributed by atoms with van der Waals surface area (Å²) in [5.74, 6) is -5.73. The Morgan fingerprint density at radius 2 is 0.885 bits per heavy atom. The van der Waals surface area contributed by atoms with Crippen molar-refractivity contribution in [3.05, 3.63) is 59.7 Å². The second-order valence-corrected chi connectivity index (χ2v) is 15.1. The van der Waals surface area contributed by atoms with Crippen molar-refractivity contribution in [2.24, 2.45) is 22.7 Å². The minimum absolute atomic E-state index is 0.332. The molecule has 3 rings (SSSR count). The van der Waals surface area contributed by atoms with Crippen LogP contribution in [-0.2, 0) is 51.0 Å². The van der Waals surface area contributed by atoms with Crippen molar-refractivity contribution in [2.75, 3.05) is 37.9 Å². The van der Waals surface area contributed by atoms with Crippen molar-refractivity contribution in [1.82, 2.24) is 10.6 Å². The van der Waals surface area contributed by atoms with Gasteiger partial charge >= 0.3 is 24.1 Å². The van der Waals surface area contributed by atoms with Gasteiger partial charge in [0, 0.05) is 24.5 Å². The molecule has 14 nitrogen and oxygen atoms in total. The van der Waals surface area contributed by atoms with Crippen molar-refractivity contribution < 1.29 is 47.7 Å². The SMILES string of the molecule is COC(=O)C1C(C)(C(=O)Nc2ccc(CCNC(=O)OC(C)(C)C)cc2)C(C(=O)OC)C1(C)C(=O)Nc1ccc(CCNC(=O)OC(C)(C)C)cc1. The highest BCUT2D eigenvalue weighted by Crippen LogP contribution is 2.65. The lowest BCUT2D eigenvalue weighted by Gasteiger charge is -2.60. The minimum atomic E-state index is -1.73. The summed E-state index contributed by atoms with van der Waals surface area (Å²) in [5, 5.41) is 11.0. The predicted octanol–water partition coefficient (Wildman–Crippen LogP) is 5.00. The molecule has 4 N–H and O–H groups in total.